The van der Waals surface area contributed by atoms with Crippen LogP contribution in [0.4, 0.5) is 5.69 Å². The summed E-state index contributed by atoms with van der Waals surface area (Å²) in [4.78, 5) is 23.1. The summed E-state index contributed by atoms with van der Waals surface area (Å²) in [6.07, 6.45) is 0. The van der Waals surface area contributed by atoms with E-state index in [2.05, 4.69) is 10.6 Å². The van der Waals surface area contributed by atoms with Gasteiger partial charge < -0.3 is 21.1 Å². The van der Waals surface area contributed by atoms with Crippen molar-refractivity contribution in [1.82, 2.24) is 5.32 Å². The van der Waals surface area contributed by atoms with Crippen molar-refractivity contribution in [1.29, 1.82) is 0 Å². The van der Waals surface area contributed by atoms with Gasteiger partial charge in [0.05, 0.1) is 6.61 Å². The lowest BCUT2D eigenvalue weighted by Gasteiger charge is -2.07. The number of hydrogen-bond acceptors (Lipinski definition) is 4. The molecule has 0 aliphatic carbocycles. The molecule has 0 aliphatic heterocycles. The largest absolute Gasteiger partial charge is 0.370 e. The first-order valence-electron chi connectivity index (χ1n) is 6.13. The fraction of sp³-hybridized carbons (Fsp3) is 0.385. The van der Waals surface area contributed by atoms with E-state index in [4.69, 9.17) is 10.5 Å². The number of anilines is 1. The minimum absolute atomic E-state index is 0.0530. The number of benzene rings is 1. The third-order valence-corrected chi connectivity index (χ3v) is 2.24. The Hall–Kier alpha value is -1.92. The van der Waals surface area contributed by atoms with Crippen molar-refractivity contribution in [2.24, 2.45) is 5.73 Å². The molecule has 0 aliphatic rings. The summed E-state index contributed by atoms with van der Waals surface area (Å²) in [5.41, 5.74) is 6.31. The standard InChI is InChI=1S/C13H19N3O3/c1-2-15-13(18)10-4-3-5-11(8-10)16-12(17)9-19-7-6-14/h3-5,8H,2,6-7,9,14H2,1H3,(H,15,18)(H,16,17). The van der Waals surface area contributed by atoms with E-state index in [0.29, 0.717) is 30.9 Å². The normalized spacial score (nSPS) is 10.0. The molecule has 2 amide bonds. The second-order valence-electron chi connectivity index (χ2n) is 3.83. The molecule has 6 heteroatoms. The average molecular weight is 265 g/mol. The Labute approximate surface area is 112 Å². The van der Waals surface area contributed by atoms with E-state index in [9.17, 15) is 9.59 Å². The van der Waals surface area contributed by atoms with Crippen molar-refractivity contribution >= 4 is 17.5 Å². The van der Waals surface area contributed by atoms with Crippen LogP contribution in [0.5, 0.6) is 0 Å². The fourth-order valence-electron chi connectivity index (χ4n) is 1.45. The van der Waals surface area contributed by atoms with Crippen LogP contribution in [0.2, 0.25) is 0 Å². The molecular formula is C13H19N3O3. The Bertz CT molecular complexity index is 435. The maximum Gasteiger partial charge on any atom is 0.251 e. The number of nitrogens with one attached hydrogen (secondary N) is 2. The monoisotopic (exact) mass is 265 g/mol. The molecule has 0 heterocycles. The first-order valence-corrected chi connectivity index (χ1v) is 6.13. The predicted octanol–water partition coefficient (Wildman–Crippen LogP) is 0.350. The molecule has 0 aromatic heterocycles. The highest BCUT2D eigenvalue weighted by Gasteiger charge is 2.07. The molecule has 104 valence electrons. The summed E-state index contributed by atoms with van der Waals surface area (Å²) in [6.45, 7) is 3.07. The molecular weight excluding hydrogens is 246 g/mol. The van der Waals surface area contributed by atoms with Crippen LogP contribution in [0.3, 0.4) is 0 Å². The van der Waals surface area contributed by atoms with E-state index in [0.717, 1.165) is 0 Å². The van der Waals surface area contributed by atoms with Gasteiger partial charge in [-0.3, -0.25) is 9.59 Å². The van der Waals surface area contributed by atoms with E-state index in [1.54, 1.807) is 24.3 Å². The Morgan fingerprint density at radius 1 is 1.37 bits per heavy atom. The molecule has 6 nitrogen and oxygen atoms in total. The number of hydrogen-bond donors (Lipinski definition) is 3. The molecule has 1 aromatic rings. The number of nitrogens with two attached hydrogens (primary N) is 1. The van der Waals surface area contributed by atoms with E-state index < -0.39 is 0 Å². The average Bonchev–Trinajstić information content (AvgIpc) is 2.39. The highest BCUT2D eigenvalue weighted by atomic mass is 16.5. The first kappa shape index (κ1) is 15.1. The molecule has 0 radical (unpaired) electrons. The predicted molar refractivity (Wildman–Crippen MR) is 73.0 cm³/mol. The number of carbonyl (C=O) groups excluding carboxylic acids is 2. The summed E-state index contributed by atoms with van der Waals surface area (Å²) in [6, 6.07) is 6.72. The van der Waals surface area contributed by atoms with Crippen LogP contribution in [-0.2, 0) is 9.53 Å². The lowest BCUT2D eigenvalue weighted by atomic mass is 10.2. The van der Waals surface area contributed by atoms with Crippen molar-refractivity contribution in [2.45, 2.75) is 6.92 Å². The third-order valence-electron chi connectivity index (χ3n) is 2.24. The van der Waals surface area contributed by atoms with Crippen LogP contribution in [0.25, 0.3) is 0 Å². The van der Waals surface area contributed by atoms with E-state index in [-0.39, 0.29) is 18.4 Å². The Balaban J connectivity index is 2.56. The quantitative estimate of drug-likeness (QED) is 0.620. The number of ether oxygens (including phenoxy) is 1. The summed E-state index contributed by atoms with van der Waals surface area (Å²) < 4.78 is 5.02. The Kier molecular flexibility index (Phi) is 6.56. The highest BCUT2D eigenvalue weighted by molar-refractivity contribution is 5.97. The van der Waals surface area contributed by atoms with Gasteiger partial charge in [0.2, 0.25) is 5.91 Å². The second kappa shape index (κ2) is 8.23. The number of amides is 2. The highest BCUT2D eigenvalue weighted by Crippen LogP contribution is 2.10. The molecule has 0 unspecified atom stereocenters. The zero-order valence-corrected chi connectivity index (χ0v) is 10.9. The molecule has 0 saturated heterocycles. The van der Waals surface area contributed by atoms with Gasteiger partial charge in [0, 0.05) is 24.3 Å². The van der Waals surface area contributed by atoms with Crippen molar-refractivity contribution < 1.29 is 14.3 Å². The molecule has 1 aromatic carbocycles. The van der Waals surface area contributed by atoms with Crippen molar-refractivity contribution in [3.8, 4) is 0 Å². The zero-order valence-electron chi connectivity index (χ0n) is 10.9. The molecule has 0 spiro atoms. The maximum atomic E-state index is 11.6. The van der Waals surface area contributed by atoms with Crippen molar-refractivity contribution in [3.63, 3.8) is 0 Å². The van der Waals surface area contributed by atoms with Crippen LogP contribution >= 0.6 is 0 Å². The minimum atomic E-state index is -0.276. The molecule has 1 rings (SSSR count). The molecule has 0 saturated carbocycles. The smallest absolute Gasteiger partial charge is 0.251 e. The summed E-state index contributed by atoms with van der Waals surface area (Å²) >= 11 is 0. The van der Waals surface area contributed by atoms with Crippen LogP contribution < -0.4 is 16.4 Å². The van der Waals surface area contributed by atoms with Crippen LogP contribution in [0, 0.1) is 0 Å². The Morgan fingerprint density at radius 3 is 2.84 bits per heavy atom. The van der Waals surface area contributed by atoms with Gasteiger partial charge in [-0.25, -0.2) is 0 Å². The lowest BCUT2D eigenvalue weighted by Crippen LogP contribution is -2.23. The van der Waals surface area contributed by atoms with Crippen LogP contribution in [0.1, 0.15) is 17.3 Å². The van der Waals surface area contributed by atoms with E-state index in [1.807, 2.05) is 6.92 Å². The van der Waals surface area contributed by atoms with Gasteiger partial charge in [0.25, 0.3) is 5.91 Å². The van der Waals surface area contributed by atoms with Gasteiger partial charge in [-0.2, -0.15) is 0 Å². The van der Waals surface area contributed by atoms with Gasteiger partial charge >= 0.3 is 0 Å². The SMILES string of the molecule is CCNC(=O)c1cccc(NC(=O)COCCN)c1. The first-order chi connectivity index (χ1) is 9.17. The lowest BCUT2D eigenvalue weighted by molar-refractivity contribution is -0.120. The van der Waals surface area contributed by atoms with Gasteiger partial charge in [0.1, 0.15) is 6.61 Å². The zero-order chi connectivity index (χ0) is 14.1. The Morgan fingerprint density at radius 2 is 2.16 bits per heavy atom. The third kappa shape index (κ3) is 5.50. The van der Waals surface area contributed by atoms with E-state index >= 15 is 0 Å². The van der Waals surface area contributed by atoms with E-state index in [1.165, 1.54) is 0 Å². The van der Waals surface area contributed by atoms with Gasteiger partial charge in [-0.05, 0) is 25.1 Å². The number of rotatable bonds is 7. The summed E-state index contributed by atoms with van der Waals surface area (Å²) in [5.74, 6) is -0.445. The van der Waals surface area contributed by atoms with Gasteiger partial charge in [-0.15, -0.1) is 0 Å². The molecule has 19 heavy (non-hydrogen) atoms. The van der Waals surface area contributed by atoms with Gasteiger partial charge in [0.15, 0.2) is 0 Å². The van der Waals surface area contributed by atoms with Crippen LogP contribution in [0.15, 0.2) is 24.3 Å². The minimum Gasteiger partial charge on any atom is -0.370 e. The van der Waals surface area contributed by atoms with Crippen molar-refractivity contribution in [2.75, 3.05) is 31.6 Å². The maximum absolute atomic E-state index is 11.6. The summed E-state index contributed by atoms with van der Waals surface area (Å²) in [7, 11) is 0. The van der Waals surface area contributed by atoms with Crippen molar-refractivity contribution in [3.05, 3.63) is 29.8 Å². The fourth-order valence-corrected chi connectivity index (χ4v) is 1.45. The molecule has 0 atom stereocenters. The topological polar surface area (TPSA) is 93.5 Å². The molecule has 0 bridgehead atoms. The van der Waals surface area contributed by atoms with Gasteiger partial charge in [-0.1, -0.05) is 6.07 Å². The molecule has 0 fully saturated rings. The van der Waals surface area contributed by atoms with Crippen LogP contribution in [-0.4, -0.2) is 38.1 Å². The summed E-state index contributed by atoms with van der Waals surface area (Å²) in [5, 5.41) is 5.35. The number of carbonyl (C=O) groups is 2. The second-order valence-corrected chi connectivity index (χ2v) is 3.83. The molecule has 4 N–H and O–H groups in total.